The van der Waals surface area contributed by atoms with Gasteiger partial charge in [-0.3, -0.25) is 0 Å². The fourth-order valence-electron chi connectivity index (χ4n) is 1.82. The Morgan fingerprint density at radius 2 is 1.33 bits per heavy atom. The molecule has 0 atom stereocenters. The van der Waals surface area contributed by atoms with Crippen LogP contribution in [0.15, 0.2) is 63.9 Å². The summed E-state index contributed by atoms with van der Waals surface area (Å²) < 4.78 is 28.0. The second kappa shape index (κ2) is 5.12. The van der Waals surface area contributed by atoms with E-state index in [2.05, 4.69) is 10.2 Å². The van der Waals surface area contributed by atoms with Crippen LogP contribution in [0, 0.1) is 0 Å². The van der Waals surface area contributed by atoms with Gasteiger partial charge in [-0.25, -0.2) is 13.6 Å². The molecular formula is C14H11N3O3S. The minimum atomic E-state index is -3.71. The van der Waals surface area contributed by atoms with E-state index >= 15 is 0 Å². The van der Waals surface area contributed by atoms with Gasteiger partial charge in [0.05, 0.1) is 4.90 Å². The Labute approximate surface area is 121 Å². The van der Waals surface area contributed by atoms with E-state index in [9.17, 15) is 8.42 Å². The van der Waals surface area contributed by atoms with Crippen molar-refractivity contribution in [3.63, 3.8) is 0 Å². The third-order valence-corrected chi connectivity index (χ3v) is 3.80. The zero-order valence-corrected chi connectivity index (χ0v) is 11.6. The normalized spacial score (nSPS) is 11.5. The standard InChI is InChI=1S/C14H11N3O3S/c15-21(18,19)12-8-6-11(7-9-12)14-17-16-13(20-14)10-4-2-1-3-5-10/h1-9H,(H2,15,18,19). The first-order valence-electron chi connectivity index (χ1n) is 6.06. The van der Waals surface area contributed by atoms with E-state index in [1.807, 2.05) is 30.3 Å². The summed E-state index contributed by atoms with van der Waals surface area (Å²) in [5.41, 5.74) is 1.44. The van der Waals surface area contributed by atoms with Crippen molar-refractivity contribution in [3.05, 3.63) is 54.6 Å². The highest BCUT2D eigenvalue weighted by molar-refractivity contribution is 7.89. The van der Waals surface area contributed by atoms with E-state index in [0.29, 0.717) is 17.3 Å². The third-order valence-electron chi connectivity index (χ3n) is 2.88. The van der Waals surface area contributed by atoms with Crippen molar-refractivity contribution in [1.82, 2.24) is 10.2 Å². The molecule has 21 heavy (non-hydrogen) atoms. The molecule has 2 N–H and O–H groups in total. The molecule has 0 amide bonds. The van der Waals surface area contributed by atoms with Gasteiger partial charge in [0, 0.05) is 11.1 Å². The highest BCUT2D eigenvalue weighted by Crippen LogP contribution is 2.24. The fourth-order valence-corrected chi connectivity index (χ4v) is 2.34. The molecule has 7 heteroatoms. The molecule has 0 saturated heterocycles. The topological polar surface area (TPSA) is 99.1 Å². The van der Waals surface area contributed by atoms with Crippen LogP contribution in [0.4, 0.5) is 0 Å². The van der Waals surface area contributed by atoms with Gasteiger partial charge in [0.2, 0.25) is 21.8 Å². The summed E-state index contributed by atoms with van der Waals surface area (Å²) in [5, 5.41) is 13.0. The molecule has 0 bridgehead atoms. The molecule has 0 aliphatic rings. The first-order chi connectivity index (χ1) is 10.0. The first-order valence-corrected chi connectivity index (χ1v) is 7.61. The molecule has 0 fully saturated rings. The summed E-state index contributed by atoms with van der Waals surface area (Å²) in [4.78, 5) is 0.0362. The molecule has 2 aromatic carbocycles. The summed E-state index contributed by atoms with van der Waals surface area (Å²) in [6.45, 7) is 0. The predicted octanol–water partition coefficient (Wildman–Crippen LogP) is 2.05. The maximum atomic E-state index is 11.2. The van der Waals surface area contributed by atoms with Gasteiger partial charge in [-0.15, -0.1) is 10.2 Å². The Morgan fingerprint density at radius 3 is 1.86 bits per heavy atom. The van der Waals surface area contributed by atoms with Crippen molar-refractivity contribution in [2.75, 3.05) is 0 Å². The molecule has 0 aliphatic heterocycles. The van der Waals surface area contributed by atoms with Crippen molar-refractivity contribution in [2.24, 2.45) is 5.14 Å². The Kier molecular flexibility index (Phi) is 3.28. The van der Waals surface area contributed by atoms with E-state index in [1.54, 1.807) is 12.1 Å². The van der Waals surface area contributed by atoms with Crippen LogP contribution in [0.1, 0.15) is 0 Å². The van der Waals surface area contributed by atoms with Crippen LogP contribution in [0.25, 0.3) is 22.9 Å². The Bertz CT molecular complexity index is 856. The second-order valence-corrected chi connectivity index (χ2v) is 5.91. The lowest BCUT2D eigenvalue weighted by Gasteiger charge is -1.98. The van der Waals surface area contributed by atoms with E-state index in [0.717, 1.165) is 5.56 Å². The number of hydrogen-bond donors (Lipinski definition) is 1. The molecule has 0 saturated carbocycles. The average molecular weight is 301 g/mol. The maximum Gasteiger partial charge on any atom is 0.248 e. The summed E-state index contributed by atoms with van der Waals surface area (Å²) >= 11 is 0. The average Bonchev–Trinajstić information content (AvgIpc) is 2.97. The smallest absolute Gasteiger partial charge is 0.248 e. The van der Waals surface area contributed by atoms with E-state index in [-0.39, 0.29) is 4.90 Å². The minimum Gasteiger partial charge on any atom is -0.416 e. The van der Waals surface area contributed by atoms with Gasteiger partial charge in [-0.2, -0.15) is 0 Å². The van der Waals surface area contributed by atoms with Crippen LogP contribution < -0.4 is 5.14 Å². The maximum absolute atomic E-state index is 11.2. The number of nitrogens with zero attached hydrogens (tertiary/aromatic N) is 2. The van der Waals surface area contributed by atoms with Gasteiger partial charge >= 0.3 is 0 Å². The molecule has 1 aromatic heterocycles. The van der Waals surface area contributed by atoms with Gasteiger partial charge < -0.3 is 4.42 Å². The predicted molar refractivity (Wildman–Crippen MR) is 76.5 cm³/mol. The van der Waals surface area contributed by atoms with E-state index in [4.69, 9.17) is 9.56 Å². The van der Waals surface area contributed by atoms with Crippen molar-refractivity contribution in [3.8, 4) is 22.9 Å². The Balaban J connectivity index is 1.94. The van der Waals surface area contributed by atoms with Crippen molar-refractivity contribution in [1.29, 1.82) is 0 Å². The van der Waals surface area contributed by atoms with Crippen LogP contribution in [-0.2, 0) is 10.0 Å². The highest BCUT2D eigenvalue weighted by atomic mass is 32.2. The molecule has 0 radical (unpaired) electrons. The van der Waals surface area contributed by atoms with Crippen LogP contribution in [-0.4, -0.2) is 18.6 Å². The van der Waals surface area contributed by atoms with E-state index in [1.165, 1.54) is 12.1 Å². The van der Waals surface area contributed by atoms with Crippen LogP contribution in [0.3, 0.4) is 0 Å². The lowest BCUT2D eigenvalue weighted by Crippen LogP contribution is -2.11. The highest BCUT2D eigenvalue weighted by Gasteiger charge is 2.12. The largest absolute Gasteiger partial charge is 0.416 e. The first kappa shape index (κ1) is 13.5. The summed E-state index contributed by atoms with van der Waals surface area (Å²) in [7, 11) is -3.71. The molecule has 0 spiro atoms. The zero-order valence-electron chi connectivity index (χ0n) is 10.8. The molecular weight excluding hydrogens is 290 g/mol. The molecule has 0 unspecified atom stereocenters. The minimum absolute atomic E-state index is 0.0362. The van der Waals surface area contributed by atoms with Gasteiger partial charge in [0.25, 0.3) is 0 Å². The monoisotopic (exact) mass is 301 g/mol. The number of benzene rings is 2. The number of rotatable bonds is 3. The van der Waals surface area contributed by atoms with Crippen LogP contribution in [0.2, 0.25) is 0 Å². The molecule has 106 valence electrons. The van der Waals surface area contributed by atoms with Gasteiger partial charge in [-0.05, 0) is 36.4 Å². The van der Waals surface area contributed by atoms with Gasteiger partial charge in [0.1, 0.15) is 0 Å². The zero-order chi connectivity index (χ0) is 14.9. The van der Waals surface area contributed by atoms with Gasteiger partial charge in [-0.1, -0.05) is 18.2 Å². The molecule has 3 rings (SSSR count). The van der Waals surface area contributed by atoms with Crippen molar-refractivity contribution < 1.29 is 12.8 Å². The number of hydrogen-bond acceptors (Lipinski definition) is 5. The van der Waals surface area contributed by atoms with E-state index < -0.39 is 10.0 Å². The summed E-state index contributed by atoms with van der Waals surface area (Å²) in [6.07, 6.45) is 0. The lowest BCUT2D eigenvalue weighted by atomic mass is 10.2. The number of primary sulfonamides is 1. The quantitative estimate of drug-likeness (QED) is 0.798. The van der Waals surface area contributed by atoms with Gasteiger partial charge in [0.15, 0.2) is 0 Å². The number of nitrogens with two attached hydrogens (primary N) is 1. The molecule has 3 aromatic rings. The van der Waals surface area contributed by atoms with Crippen LogP contribution >= 0.6 is 0 Å². The van der Waals surface area contributed by atoms with Crippen molar-refractivity contribution in [2.45, 2.75) is 4.90 Å². The van der Waals surface area contributed by atoms with Crippen LogP contribution in [0.5, 0.6) is 0 Å². The molecule has 0 aliphatic carbocycles. The number of aromatic nitrogens is 2. The molecule has 6 nitrogen and oxygen atoms in total. The Morgan fingerprint density at radius 1 is 0.810 bits per heavy atom. The fraction of sp³-hybridized carbons (Fsp3) is 0. The second-order valence-electron chi connectivity index (χ2n) is 4.35. The summed E-state index contributed by atoms with van der Waals surface area (Å²) in [5.74, 6) is 0.718. The molecule has 1 heterocycles. The summed E-state index contributed by atoms with van der Waals surface area (Å²) in [6, 6.07) is 15.3. The third kappa shape index (κ3) is 2.83. The number of sulfonamides is 1. The lowest BCUT2D eigenvalue weighted by molar-refractivity contribution is 0.584. The van der Waals surface area contributed by atoms with Crippen molar-refractivity contribution >= 4 is 10.0 Å². The SMILES string of the molecule is NS(=O)(=O)c1ccc(-c2nnc(-c3ccccc3)o2)cc1. The Hall–Kier alpha value is -2.51.